The number of ether oxygens (including phenoxy) is 1. The number of nitrogens with zero attached hydrogens (tertiary/aromatic N) is 3. The highest BCUT2D eigenvalue weighted by molar-refractivity contribution is 7.98. The molecule has 2 heterocycles. The summed E-state index contributed by atoms with van der Waals surface area (Å²) in [6, 6.07) is 8.81. The molecule has 1 aromatic heterocycles. The molecular formula is C27H36N4O4S. The molecular weight excluding hydrogens is 476 g/mol. The SMILES string of the molecule is CSc1ccccc1OC1=CC(=O)N(C(CC2CCCCC2)C(=O)Nc2ccn(CC(C)(C)O)n2)C1. The summed E-state index contributed by atoms with van der Waals surface area (Å²) in [4.78, 5) is 29.2. The fourth-order valence-electron chi connectivity index (χ4n) is 4.92. The van der Waals surface area contributed by atoms with Crippen LogP contribution >= 0.6 is 11.8 Å². The third-order valence-corrected chi connectivity index (χ3v) is 7.38. The minimum Gasteiger partial charge on any atom is -0.458 e. The van der Waals surface area contributed by atoms with Crippen LogP contribution in [0.5, 0.6) is 5.75 Å². The number of aromatic nitrogens is 2. The Morgan fingerprint density at radius 2 is 2.00 bits per heavy atom. The van der Waals surface area contributed by atoms with Gasteiger partial charge in [-0.3, -0.25) is 14.3 Å². The molecule has 2 amide bonds. The highest BCUT2D eigenvalue weighted by Gasteiger charge is 2.36. The van der Waals surface area contributed by atoms with Gasteiger partial charge in [0.05, 0.1) is 18.7 Å². The first-order valence-corrected chi connectivity index (χ1v) is 13.8. The van der Waals surface area contributed by atoms with Crippen LogP contribution in [0.4, 0.5) is 5.82 Å². The van der Waals surface area contributed by atoms with E-state index >= 15 is 0 Å². The molecule has 2 N–H and O–H groups in total. The van der Waals surface area contributed by atoms with Gasteiger partial charge in [-0.05, 0) is 44.6 Å². The summed E-state index contributed by atoms with van der Waals surface area (Å²) in [5, 5.41) is 17.3. The average Bonchev–Trinajstić information content (AvgIpc) is 3.42. The van der Waals surface area contributed by atoms with E-state index in [9.17, 15) is 14.7 Å². The largest absolute Gasteiger partial charge is 0.458 e. The van der Waals surface area contributed by atoms with Gasteiger partial charge in [0.2, 0.25) is 5.91 Å². The van der Waals surface area contributed by atoms with Crippen molar-refractivity contribution in [2.75, 3.05) is 18.1 Å². The molecule has 1 fully saturated rings. The molecule has 1 aliphatic carbocycles. The van der Waals surface area contributed by atoms with Crippen molar-refractivity contribution in [1.82, 2.24) is 14.7 Å². The van der Waals surface area contributed by atoms with Crippen molar-refractivity contribution in [1.29, 1.82) is 0 Å². The molecule has 194 valence electrons. The Kier molecular flexibility index (Phi) is 8.41. The van der Waals surface area contributed by atoms with Gasteiger partial charge >= 0.3 is 0 Å². The predicted molar refractivity (Wildman–Crippen MR) is 141 cm³/mol. The lowest BCUT2D eigenvalue weighted by Gasteiger charge is -2.31. The van der Waals surface area contributed by atoms with Crippen LogP contribution in [-0.2, 0) is 16.1 Å². The summed E-state index contributed by atoms with van der Waals surface area (Å²) >= 11 is 1.58. The Balaban J connectivity index is 1.48. The first kappa shape index (κ1) is 26.3. The number of para-hydroxylation sites is 1. The zero-order valence-corrected chi connectivity index (χ0v) is 22.1. The van der Waals surface area contributed by atoms with Crippen molar-refractivity contribution in [3.8, 4) is 5.75 Å². The maximum Gasteiger partial charge on any atom is 0.251 e. The van der Waals surface area contributed by atoms with Gasteiger partial charge in [0.25, 0.3) is 5.91 Å². The molecule has 36 heavy (non-hydrogen) atoms. The molecule has 2 aromatic rings. The summed E-state index contributed by atoms with van der Waals surface area (Å²) < 4.78 is 7.69. The first-order valence-electron chi connectivity index (χ1n) is 12.6. The van der Waals surface area contributed by atoms with Crippen LogP contribution in [0.1, 0.15) is 52.4 Å². The number of amides is 2. The highest BCUT2D eigenvalue weighted by Crippen LogP contribution is 2.32. The van der Waals surface area contributed by atoms with Gasteiger partial charge in [0, 0.05) is 23.2 Å². The smallest absolute Gasteiger partial charge is 0.251 e. The Labute approximate surface area is 217 Å². The van der Waals surface area contributed by atoms with E-state index in [-0.39, 0.29) is 18.4 Å². The summed E-state index contributed by atoms with van der Waals surface area (Å²) in [5.41, 5.74) is -0.921. The topological polar surface area (TPSA) is 96.7 Å². The minimum atomic E-state index is -0.921. The van der Waals surface area contributed by atoms with Crippen molar-refractivity contribution in [2.45, 2.75) is 75.5 Å². The molecule has 9 heteroatoms. The Morgan fingerprint density at radius 3 is 2.72 bits per heavy atom. The van der Waals surface area contributed by atoms with Crippen LogP contribution < -0.4 is 10.1 Å². The maximum atomic E-state index is 13.5. The van der Waals surface area contributed by atoms with Gasteiger partial charge in [-0.1, -0.05) is 44.2 Å². The zero-order valence-electron chi connectivity index (χ0n) is 21.3. The molecule has 0 saturated heterocycles. The van der Waals surface area contributed by atoms with E-state index in [2.05, 4.69) is 10.4 Å². The van der Waals surface area contributed by atoms with Gasteiger partial charge in [-0.2, -0.15) is 5.10 Å². The molecule has 1 unspecified atom stereocenters. The second kappa shape index (κ2) is 11.5. The van der Waals surface area contributed by atoms with Crippen LogP contribution in [0, 0.1) is 5.92 Å². The molecule has 2 aliphatic rings. The first-order chi connectivity index (χ1) is 17.2. The Morgan fingerprint density at radius 1 is 1.25 bits per heavy atom. The minimum absolute atomic E-state index is 0.213. The molecule has 1 aromatic carbocycles. The van der Waals surface area contributed by atoms with Crippen LogP contribution in [0.15, 0.2) is 53.3 Å². The lowest BCUT2D eigenvalue weighted by atomic mass is 9.84. The van der Waals surface area contributed by atoms with E-state index in [4.69, 9.17) is 4.74 Å². The Hall–Kier alpha value is -2.78. The van der Waals surface area contributed by atoms with Crippen molar-refractivity contribution >= 4 is 29.4 Å². The van der Waals surface area contributed by atoms with Crippen LogP contribution in [0.3, 0.4) is 0 Å². The summed E-state index contributed by atoms with van der Waals surface area (Å²) in [6.07, 6.45) is 11.5. The summed E-state index contributed by atoms with van der Waals surface area (Å²) in [7, 11) is 0. The van der Waals surface area contributed by atoms with E-state index in [1.807, 2.05) is 30.5 Å². The monoisotopic (exact) mass is 512 g/mol. The summed E-state index contributed by atoms with van der Waals surface area (Å²) in [6.45, 7) is 3.97. The number of hydrogen-bond acceptors (Lipinski definition) is 6. The van der Waals surface area contributed by atoms with Crippen molar-refractivity contribution in [2.24, 2.45) is 5.92 Å². The number of thioether (sulfide) groups is 1. The van der Waals surface area contributed by atoms with Crippen LogP contribution in [0.25, 0.3) is 0 Å². The molecule has 1 atom stereocenters. The van der Waals surface area contributed by atoms with E-state index < -0.39 is 11.6 Å². The quantitative estimate of drug-likeness (QED) is 0.457. The van der Waals surface area contributed by atoms with Crippen molar-refractivity contribution in [3.05, 3.63) is 48.4 Å². The second-order valence-corrected chi connectivity index (χ2v) is 11.1. The third kappa shape index (κ3) is 6.91. The fourth-order valence-corrected chi connectivity index (χ4v) is 5.44. The standard InChI is InChI=1S/C27H36N4O4S/c1-27(2,34)18-30-14-13-24(29-30)28-26(33)21(15-19-9-5-4-6-10-19)31-17-20(16-25(31)32)35-22-11-7-8-12-23(22)36-3/h7-8,11-14,16,19,21,34H,4-6,9-10,15,17-18H2,1-3H3,(H,28,29,33). The molecule has 0 bridgehead atoms. The number of carbonyl (C=O) groups excluding carboxylic acids is 2. The third-order valence-electron chi connectivity index (χ3n) is 6.60. The number of hydrogen-bond donors (Lipinski definition) is 2. The second-order valence-electron chi connectivity index (χ2n) is 10.3. The lowest BCUT2D eigenvalue weighted by Crippen LogP contribution is -2.46. The lowest BCUT2D eigenvalue weighted by molar-refractivity contribution is -0.134. The van der Waals surface area contributed by atoms with Crippen LogP contribution in [0.2, 0.25) is 0 Å². The highest BCUT2D eigenvalue weighted by atomic mass is 32.2. The zero-order chi connectivity index (χ0) is 25.7. The van der Waals surface area contributed by atoms with Gasteiger partial charge < -0.3 is 20.1 Å². The van der Waals surface area contributed by atoms with Gasteiger partial charge in [0.15, 0.2) is 5.82 Å². The molecule has 1 saturated carbocycles. The number of anilines is 1. The number of carbonyl (C=O) groups is 2. The van der Waals surface area contributed by atoms with Crippen molar-refractivity contribution in [3.63, 3.8) is 0 Å². The van der Waals surface area contributed by atoms with E-state index in [0.717, 1.165) is 30.6 Å². The van der Waals surface area contributed by atoms with E-state index in [0.29, 0.717) is 36.2 Å². The molecule has 0 radical (unpaired) electrons. The molecule has 0 spiro atoms. The number of nitrogens with one attached hydrogen (secondary N) is 1. The average molecular weight is 513 g/mol. The summed E-state index contributed by atoms with van der Waals surface area (Å²) in [5.74, 6) is 1.59. The number of aliphatic hydroxyl groups is 1. The number of rotatable bonds is 10. The normalized spacial score (nSPS) is 17.7. The predicted octanol–water partition coefficient (Wildman–Crippen LogP) is 4.46. The van der Waals surface area contributed by atoms with E-state index in [1.54, 1.807) is 47.5 Å². The molecule has 1 aliphatic heterocycles. The van der Waals surface area contributed by atoms with E-state index in [1.165, 1.54) is 12.5 Å². The fraction of sp³-hybridized carbons (Fsp3) is 0.519. The van der Waals surface area contributed by atoms with Crippen molar-refractivity contribution < 1.29 is 19.4 Å². The van der Waals surface area contributed by atoms with Gasteiger partial charge in [-0.15, -0.1) is 11.8 Å². The number of benzene rings is 1. The molecule has 4 rings (SSSR count). The van der Waals surface area contributed by atoms with Gasteiger partial charge in [-0.25, -0.2) is 0 Å². The van der Waals surface area contributed by atoms with Gasteiger partial charge in [0.1, 0.15) is 17.6 Å². The Bertz CT molecular complexity index is 1100. The molecule has 8 nitrogen and oxygen atoms in total. The van der Waals surface area contributed by atoms with Crippen LogP contribution in [-0.4, -0.2) is 56.0 Å². The maximum absolute atomic E-state index is 13.5.